The van der Waals surface area contributed by atoms with Crippen LogP contribution in [0, 0.1) is 0 Å². The molecule has 0 spiro atoms. The zero-order chi connectivity index (χ0) is 15.3. The molecule has 0 saturated heterocycles. The number of sulfonamides is 1. The molecule has 0 aliphatic heterocycles. The summed E-state index contributed by atoms with van der Waals surface area (Å²) in [5.74, 6) is 0.113. The molecule has 5 nitrogen and oxygen atoms in total. The van der Waals surface area contributed by atoms with Crippen LogP contribution in [0.25, 0.3) is 0 Å². The van der Waals surface area contributed by atoms with Gasteiger partial charge in [0.2, 0.25) is 10.0 Å². The smallest absolute Gasteiger partial charge is 0.211 e. The number of nitrogens with one attached hydrogen (secondary N) is 2. The first-order valence-corrected chi connectivity index (χ1v) is 8.46. The van der Waals surface area contributed by atoms with Crippen LogP contribution in [0.3, 0.4) is 0 Å². The second-order valence-electron chi connectivity index (χ2n) is 5.37. The maximum Gasteiger partial charge on any atom is 0.211 e. The van der Waals surface area contributed by atoms with Crippen molar-refractivity contribution >= 4 is 15.7 Å². The SMILES string of the molecule is CCS(=O)(=O)NC[C@@H](c1ccc(N(C)C)cc1)[NH+](C)C. The Labute approximate surface area is 122 Å². The summed E-state index contributed by atoms with van der Waals surface area (Å²) in [5.41, 5.74) is 2.27. The molecule has 0 unspecified atom stereocenters. The normalized spacial score (nSPS) is 13.5. The van der Waals surface area contributed by atoms with Gasteiger partial charge >= 0.3 is 0 Å². The van der Waals surface area contributed by atoms with E-state index in [2.05, 4.69) is 29.0 Å². The van der Waals surface area contributed by atoms with Crippen molar-refractivity contribution in [3.05, 3.63) is 29.8 Å². The minimum absolute atomic E-state index is 0.104. The van der Waals surface area contributed by atoms with Crippen LogP contribution in [0.4, 0.5) is 5.69 Å². The van der Waals surface area contributed by atoms with Gasteiger partial charge in [0, 0.05) is 25.3 Å². The van der Waals surface area contributed by atoms with E-state index in [1.807, 2.05) is 33.1 Å². The molecule has 1 atom stereocenters. The van der Waals surface area contributed by atoms with E-state index in [9.17, 15) is 8.42 Å². The van der Waals surface area contributed by atoms with Crippen LogP contribution in [-0.4, -0.2) is 48.9 Å². The molecule has 1 rings (SSSR count). The molecule has 0 aliphatic rings. The van der Waals surface area contributed by atoms with Gasteiger partial charge in [0.15, 0.2) is 0 Å². The summed E-state index contributed by atoms with van der Waals surface area (Å²) < 4.78 is 25.8. The number of likely N-dealkylation sites (N-methyl/N-ethyl adjacent to an activating group) is 1. The molecule has 0 radical (unpaired) electrons. The fourth-order valence-electron chi connectivity index (χ4n) is 1.97. The average molecular weight is 300 g/mol. The van der Waals surface area contributed by atoms with Crippen molar-refractivity contribution < 1.29 is 13.3 Å². The molecule has 1 aromatic carbocycles. The predicted octanol–water partition coefficient (Wildman–Crippen LogP) is -0.122. The Morgan fingerprint density at radius 1 is 1.20 bits per heavy atom. The van der Waals surface area contributed by atoms with Crippen LogP contribution < -0.4 is 14.5 Å². The van der Waals surface area contributed by atoms with Crippen molar-refractivity contribution in [2.45, 2.75) is 13.0 Å². The number of rotatable bonds is 7. The van der Waals surface area contributed by atoms with Gasteiger partial charge in [0.25, 0.3) is 0 Å². The van der Waals surface area contributed by atoms with E-state index in [0.717, 1.165) is 11.3 Å². The van der Waals surface area contributed by atoms with Crippen LogP contribution in [0.1, 0.15) is 18.5 Å². The lowest BCUT2D eigenvalue weighted by molar-refractivity contribution is -0.890. The molecule has 0 heterocycles. The number of nitrogens with zero attached hydrogens (tertiary/aromatic N) is 1. The third-order valence-corrected chi connectivity index (χ3v) is 4.76. The van der Waals surface area contributed by atoms with Gasteiger partial charge in [-0.05, 0) is 19.1 Å². The topological polar surface area (TPSA) is 53.9 Å². The fraction of sp³-hybridized carbons (Fsp3) is 0.571. The Bertz CT molecular complexity index is 510. The van der Waals surface area contributed by atoms with Crippen molar-refractivity contribution in [1.82, 2.24) is 4.72 Å². The predicted molar refractivity (Wildman–Crippen MR) is 83.8 cm³/mol. The van der Waals surface area contributed by atoms with Gasteiger partial charge in [-0.1, -0.05) is 12.1 Å². The van der Waals surface area contributed by atoms with E-state index < -0.39 is 10.0 Å². The molecule has 0 aliphatic carbocycles. The number of hydrogen-bond donors (Lipinski definition) is 2. The number of benzene rings is 1. The Kier molecular flexibility index (Phi) is 5.98. The Balaban J connectivity index is 2.86. The quantitative estimate of drug-likeness (QED) is 0.738. The molecule has 20 heavy (non-hydrogen) atoms. The summed E-state index contributed by atoms with van der Waals surface area (Å²) >= 11 is 0. The van der Waals surface area contributed by atoms with Gasteiger partial charge in [0.1, 0.15) is 6.04 Å². The summed E-state index contributed by atoms with van der Waals surface area (Å²) in [5, 5.41) is 0. The number of hydrogen-bond acceptors (Lipinski definition) is 3. The zero-order valence-electron chi connectivity index (χ0n) is 13.0. The molecule has 0 bridgehead atoms. The first-order valence-electron chi connectivity index (χ1n) is 6.81. The lowest BCUT2D eigenvalue weighted by Gasteiger charge is -2.23. The van der Waals surface area contributed by atoms with Gasteiger partial charge in [-0.3, -0.25) is 0 Å². The lowest BCUT2D eigenvalue weighted by Crippen LogP contribution is -3.07. The van der Waals surface area contributed by atoms with Crippen molar-refractivity contribution in [1.29, 1.82) is 0 Å². The van der Waals surface area contributed by atoms with E-state index in [-0.39, 0.29) is 11.8 Å². The minimum Gasteiger partial charge on any atom is -0.378 e. The molecule has 0 saturated carbocycles. The van der Waals surface area contributed by atoms with Crippen molar-refractivity contribution in [3.63, 3.8) is 0 Å². The summed E-state index contributed by atoms with van der Waals surface area (Å²) in [6, 6.07) is 8.34. The summed E-state index contributed by atoms with van der Waals surface area (Å²) in [7, 11) is 4.91. The standard InChI is InChI=1S/C14H25N3O2S/c1-6-20(18,19)15-11-14(17(4)5)12-7-9-13(10-8-12)16(2)3/h7-10,14-15H,6,11H2,1-5H3/p+1/t14-/m0/s1. The second kappa shape index (κ2) is 7.06. The van der Waals surface area contributed by atoms with Crippen LogP contribution in [0.15, 0.2) is 24.3 Å². The van der Waals surface area contributed by atoms with Gasteiger partial charge in [-0.25, -0.2) is 13.1 Å². The van der Waals surface area contributed by atoms with E-state index in [1.54, 1.807) is 6.92 Å². The molecule has 0 amide bonds. The zero-order valence-corrected chi connectivity index (χ0v) is 13.8. The van der Waals surface area contributed by atoms with Gasteiger partial charge < -0.3 is 9.80 Å². The fourth-order valence-corrected chi connectivity index (χ4v) is 2.60. The van der Waals surface area contributed by atoms with Gasteiger partial charge in [0.05, 0.1) is 26.4 Å². The van der Waals surface area contributed by atoms with E-state index in [1.165, 1.54) is 4.90 Å². The van der Waals surface area contributed by atoms with Crippen LogP contribution in [-0.2, 0) is 10.0 Å². The highest BCUT2D eigenvalue weighted by atomic mass is 32.2. The third-order valence-electron chi connectivity index (χ3n) is 3.40. The number of quaternary nitrogens is 1. The molecule has 6 heteroatoms. The molecular weight excluding hydrogens is 274 g/mol. The van der Waals surface area contributed by atoms with E-state index in [0.29, 0.717) is 6.54 Å². The van der Waals surface area contributed by atoms with Gasteiger partial charge in [-0.15, -0.1) is 0 Å². The van der Waals surface area contributed by atoms with Gasteiger partial charge in [-0.2, -0.15) is 0 Å². The maximum atomic E-state index is 11.6. The van der Waals surface area contributed by atoms with Crippen molar-refractivity contribution in [2.24, 2.45) is 0 Å². The molecule has 0 fully saturated rings. The summed E-state index contributed by atoms with van der Waals surface area (Å²) in [4.78, 5) is 3.24. The highest BCUT2D eigenvalue weighted by Gasteiger charge is 2.20. The molecule has 1 aromatic rings. The third kappa shape index (κ3) is 4.77. The largest absolute Gasteiger partial charge is 0.378 e. The maximum absolute atomic E-state index is 11.6. The average Bonchev–Trinajstić information content (AvgIpc) is 2.39. The van der Waals surface area contributed by atoms with E-state index >= 15 is 0 Å². The molecular formula is C14H26N3O2S+. The van der Waals surface area contributed by atoms with Crippen molar-refractivity contribution in [3.8, 4) is 0 Å². The minimum atomic E-state index is -3.15. The monoisotopic (exact) mass is 300 g/mol. The molecule has 2 N–H and O–H groups in total. The van der Waals surface area contributed by atoms with Crippen molar-refractivity contribution in [2.75, 3.05) is 45.4 Å². The summed E-state index contributed by atoms with van der Waals surface area (Å²) in [6.07, 6.45) is 0. The Morgan fingerprint density at radius 3 is 2.15 bits per heavy atom. The molecule has 0 aromatic heterocycles. The summed E-state index contributed by atoms with van der Waals surface area (Å²) in [6.45, 7) is 2.06. The first kappa shape index (κ1) is 16.9. The second-order valence-corrected chi connectivity index (χ2v) is 7.46. The number of anilines is 1. The Hall–Kier alpha value is -1.11. The van der Waals surface area contributed by atoms with E-state index in [4.69, 9.17) is 0 Å². The Morgan fingerprint density at radius 2 is 1.75 bits per heavy atom. The molecule has 114 valence electrons. The highest BCUT2D eigenvalue weighted by molar-refractivity contribution is 7.89. The lowest BCUT2D eigenvalue weighted by atomic mass is 10.1. The van der Waals surface area contributed by atoms with Crippen LogP contribution >= 0.6 is 0 Å². The van der Waals surface area contributed by atoms with Crippen LogP contribution in [0.5, 0.6) is 0 Å². The first-order chi connectivity index (χ1) is 9.26. The van der Waals surface area contributed by atoms with Crippen LogP contribution in [0.2, 0.25) is 0 Å². The highest BCUT2D eigenvalue weighted by Crippen LogP contribution is 2.16.